The highest BCUT2D eigenvalue weighted by molar-refractivity contribution is 8.00. The van der Waals surface area contributed by atoms with Gasteiger partial charge in [0.2, 0.25) is 17.8 Å². The largest absolute Gasteiger partial charge is 0.310 e. The molecule has 2 aromatic rings. The van der Waals surface area contributed by atoms with Gasteiger partial charge >= 0.3 is 0 Å². The number of thioether (sulfide) groups is 1. The third kappa shape index (κ3) is 3.05. The molecule has 0 radical (unpaired) electrons. The molecule has 2 N–H and O–H groups in total. The standard InChI is InChI=1S/C13H13N5O2S/c19-11(16-13-14-8-15-17-13)5-6-18-9-3-1-2-4-10(9)21-7-12(18)20/h1-4,8H,5-7H2,(H2,14,15,16,17,19). The number of benzene rings is 1. The highest BCUT2D eigenvalue weighted by Crippen LogP contribution is 2.34. The summed E-state index contributed by atoms with van der Waals surface area (Å²) in [5.74, 6) is 0.517. The van der Waals surface area contributed by atoms with Gasteiger partial charge in [0, 0.05) is 17.9 Å². The zero-order valence-electron chi connectivity index (χ0n) is 11.1. The number of anilines is 2. The minimum atomic E-state index is -0.213. The minimum absolute atomic E-state index is 0.0196. The van der Waals surface area contributed by atoms with Crippen LogP contribution in [0.5, 0.6) is 0 Å². The van der Waals surface area contributed by atoms with E-state index in [9.17, 15) is 9.59 Å². The highest BCUT2D eigenvalue weighted by Gasteiger charge is 2.24. The van der Waals surface area contributed by atoms with Crippen LogP contribution in [0.4, 0.5) is 11.6 Å². The minimum Gasteiger partial charge on any atom is -0.310 e. The quantitative estimate of drug-likeness (QED) is 0.887. The molecule has 2 amide bonds. The predicted octanol–water partition coefficient (Wildman–Crippen LogP) is 1.27. The lowest BCUT2D eigenvalue weighted by molar-refractivity contribution is -0.117. The first-order valence-electron chi connectivity index (χ1n) is 6.41. The topological polar surface area (TPSA) is 91.0 Å². The SMILES string of the molecule is O=C(CCN1C(=O)CSc2ccccc21)Nc1ncn[nH]1. The van der Waals surface area contributed by atoms with Gasteiger partial charge in [-0.2, -0.15) is 10.1 Å². The van der Waals surface area contributed by atoms with Crippen LogP contribution in [0.3, 0.4) is 0 Å². The van der Waals surface area contributed by atoms with Crippen LogP contribution in [0, 0.1) is 0 Å². The fourth-order valence-corrected chi connectivity index (χ4v) is 3.01. The van der Waals surface area contributed by atoms with E-state index in [4.69, 9.17) is 0 Å². The number of carbonyl (C=O) groups is 2. The Morgan fingerprint density at radius 3 is 3.10 bits per heavy atom. The number of amides is 2. The lowest BCUT2D eigenvalue weighted by Gasteiger charge is -2.28. The van der Waals surface area contributed by atoms with Crippen LogP contribution in [-0.2, 0) is 9.59 Å². The number of para-hydroxylation sites is 1. The summed E-state index contributed by atoms with van der Waals surface area (Å²) >= 11 is 1.52. The van der Waals surface area contributed by atoms with E-state index < -0.39 is 0 Å². The Kier molecular flexibility index (Phi) is 3.87. The maximum Gasteiger partial charge on any atom is 0.237 e. The second kappa shape index (κ2) is 5.96. The Morgan fingerprint density at radius 1 is 1.43 bits per heavy atom. The second-order valence-electron chi connectivity index (χ2n) is 4.43. The van der Waals surface area contributed by atoms with Gasteiger partial charge in [0.1, 0.15) is 6.33 Å². The molecule has 0 unspecified atom stereocenters. The number of fused-ring (bicyclic) bond motifs is 1. The summed E-state index contributed by atoms with van der Waals surface area (Å²) < 4.78 is 0. The van der Waals surface area contributed by atoms with E-state index in [2.05, 4.69) is 20.5 Å². The molecule has 8 heteroatoms. The van der Waals surface area contributed by atoms with Gasteiger partial charge in [-0.1, -0.05) is 12.1 Å². The molecule has 0 bridgehead atoms. The Labute approximate surface area is 125 Å². The van der Waals surface area contributed by atoms with Crippen LogP contribution in [0.25, 0.3) is 0 Å². The van der Waals surface area contributed by atoms with E-state index >= 15 is 0 Å². The van der Waals surface area contributed by atoms with Crippen LogP contribution in [0.15, 0.2) is 35.5 Å². The van der Waals surface area contributed by atoms with E-state index in [-0.39, 0.29) is 18.2 Å². The predicted molar refractivity (Wildman–Crippen MR) is 79.1 cm³/mol. The average molecular weight is 303 g/mol. The second-order valence-corrected chi connectivity index (χ2v) is 5.45. The fraction of sp³-hybridized carbons (Fsp3) is 0.231. The fourth-order valence-electron chi connectivity index (χ4n) is 2.07. The van der Waals surface area contributed by atoms with Gasteiger partial charge in [0.05, 0.1) is 11.4 Å². The van der Waals surface area contributed by atoms with Crippen LogP contribution >= 0.6 is 11.8 Å². The number of nitrogens with one attached hydrogen (secondary N) is 2. The molecule has 7 nitrogen and oxygen atoms in total. The molecule has 1 aliphatic rings. The molecule has 1 aromatic carbocycles. The monoisotopic (exact) mass is 303 g/mol. The van der Waals surface area contributed by atoms with Crippen LogP contribution in [0.2, 0.25) is 0 Å². The Bertz CT molecular complexity index is 658. The summed E-state index contributed by atoms with van der Waals surface area (Å²) in [4.78, 5) is 30.4. The van der Waals surface area contributed by atoms with Crippen molar-refractivity contribution in [3.8, 4) is 0 Å². The lowest BCUT2D eigenvalue weighted by Crippen LogP contribution is -2.37. The van der Waals surface area contributed by atoms with Crippen LogP contribution < -0.4 is 10.2 Å². The Morgan fingerprint density at radius 2 is 2.29 bits per heavy atom. The number of aromatic nitrogens is 3. The van der Waals surface area contributed by atoms with E-state index in [0.29, 0.717) is 18.2 Å². The number of aromatic amines is 1. The van der Waals surface area contributed by atoms with Gasteiger partial charge < -0.3 is 4.90 Å². The zero-order chi connectivity index (χ0) is 14.7. The summed E-state index contributed by atoms with van der Waals surface area (Å²) in [7, 11) is 0. The molecule has 0 fully saturated rings. The first-order chi connectivity index (χ1) is 10.2. The molecule has 21 heavy (non-hydrogen) atoms. The van der Waals surface area contributed by atoms with E-state index in [0.717, 1.165) is 10.6 Å². The summed E-state index contributed by atoms with van der Waals surface area (Å²) in [5.41, 5.74) is 0.867. The molecule has 1 aliphatic heterocycles. The van der Waals surface area contributed by atoms with Crippen molar-refractivity contribution < 1.29 is 9.59 Å². The van der Waals surface area contributed by atoms with Gasteiger partial charge in [0.15, 0.2) is 0 Å². The van der Waals surface area contributed by atoms with Crippen molar-refractivity contribution in [3.05, 3.63) is 30.6 Å². The number of hydrogen-bond donors (Lipinski definition) is 2. The lowest BCUT2D eigenvalue weighted by atomic mass is 10.2. The summed E-state index contributed by atoms with van der Waals surface area (Å²) in [6, 6.07) is 7.71. The molecule has 0 atom stereocenters. The summed E-state index contributed by atoms with van der Waals surface area (Å²) in [5, 5.41) is 8.79. The molecule has 2 heterocycles. The maximum atomic E-state index is 12.0. The third-order valence-corrected chi connectivity index (χ3v) is 4.09. The van der Waals surface area contributed by atoms with Gasteiger partial charge in [0.25, 0.3) is 0 Å². The smallest absolute Gasteiger partial charge is 0.237 e. The Hall–Kier alpha value is -2.35. The number of hydrogen-bond acceptors (Lipinski definition) is 5. The van der Waals surface area contributed by atoms with Crippen molar-refractivity contribution in [3.63, 3.8) is 0 Å². The molecule has 3 rings (SSSR count). The third-order valence-electron chi connectivity index (χ3n) is 3.04. The molecular weight excluding hydrogens is 290 g/mol. The van der Waals surface area contributed by atoms with Gasteiger partial charge in [-0.3, -0.25) is 14.9 Å². The first-order valence-corrected chi connectivity index (χ1v) is 7.40. The number of carbonyl (C=O) groups excluding carboxylic acids is 2. The maximum absolute atomic E-state index is 12.0. The molecule has 0 saturated carbocycles. The molecule has 108 valence electrons. The van der Waals surface area contributed by atoms with Crippen molar-refractivity contribution >= 4 is 35.2 Å². The summed E-state index contributed by atoms with van der Waals surface area (Å²) in [6.45, 7) is 0.344. The average Bonchev–Trinajstić information content (AvgIpc) is 2.99. The van der Waals surface area contributed by atoms with E-state index in [1.54, 1.807) is 4.90 Å². The number of H-pyrrole nitrogens is 1. The van der Waals surface area contributed by atoms with Gasteiger partial charge in [-0.05, 0) is 12.1 Å². The van der Waals surface area contributed by atoms with Crippen molar-refractivity contribution in [2.45, 2.75) is 11.3 Å². The van der Waals surface area contributed by atoms with Gasteiger partial charge in [-0.15, -0.1) is 11.8 Å². The number of nitrogens with zero attached hydrogens (tertiary/aromatic N) is 3. The molecule has 0 aliphatic carbocycles. The number of rotatable bonds is 4. The van der Waals surface area contributed by atoms with E-state index in [1.807, 2.05) is 24.3 Å². The highest BCUT2D eigenvalue weighted by atomic mass is 32.2. The van der Waals surface area contributed by atoms with Crippen molar-refractivity contribution in [1.82, 2.24) is 15.2 Å². The van der Waals surface area contributed by atoms with Gasteiger partial charge in [-0.25, -0.2) is 5.10 Å². The molecule has 0 spiro atoms. The van der Waals surface area contributed by atoms with Crippen molar-refractivity contribution in [2.24, 2.45) is 0 Å². The van der Waals surface area contributed by atoms with Crippen molar-refractivity contribution in [2.75, 3.05) is 22.5 Å². The molecule has 0 saturated heterocycles. The normalized spacial score (nSPS) is 13.9. The summed E-state index contributed by atoms with van der Waals surface area (Å²) in [6.07, 6.45) is 1.52. The van der Waals surface area contributed by atoms with Crippen LogP contribution in [-0.4, -0.2) is 39.3 Å². The van der Waals surface area contributed by atoms with Crippen LogP contribution in [0.1, 0.15) is 6.42 Å². The van der Waals surface area contributed by atoms with Crippen molar-refractivity contribution in [1.29, 1.82) is 0 Å². The molecule has 1 aromatic heterocycles. The molecular formula is C13H13N5O2S. The van der Waals surface area contributed by atoms with E-state index in [1.165, 1.54) is 18.1 Å². The Balaban J connectivity index is 1.64. The zero-order valence-corrected chi connectivity index (χ0v) is 11.9. The first kappa shape index (κ1) is 13.6.